The van der Waals surface area contributed by atoms with Crippen molar-refractivity contribution in [1.29, 1.82) is 0 Å². The Hall–Kier alpha value is -5.74. The van der Waals surface area contributed by atoms with Crippen molar-refractivity contribution in [1.82, 2.24) is 0 Å². The lowest BCUT2D eigenvalue weighted by atomic mass is 9.84. The molecule has 9 rings (SSSR count). The smallest absolute Gasteiger partial charge is 0.141 e. The summed E-state index contributed by atoms with van der Waals surface area (Å²) in [4.78, 5) is 2.23. The standard InChI is InChI=1S/C44H31NO2/c46-43(30-14-4-1-5-15-30)40-23-13-11-21-36(40)38-28-33(25-27-41(38)43)45(32-18-8-3-9-19-32)34-24-26-37-35-20-10-12-22-39(35)44(47,42(37)29-34)31-16-6-2-7-17-31/h1-29,46-47H. The van der Waals surface area contributed by atoms with Gasteiger partial charge in [-0.1, -0.05) is 140 Å². The van der Waals surface area contributed by atoms with Crippen molar-refractivity contribution >= 4 is 17.1 Å². The predicted octanol–water partition coefficient (Wildman–Crippen LogP) is 9.69. The summed E-state index contributed by atoms with van der Waals surface area (Å²) in [7, 11) is 0. The number of fused-ring (bicyclic) bond motifs is 6. The fourth-order valence-corrected chi connectivity index (χ4v) is 7.78. The van der Waals surface area contributed by atoms with Gasteiger partial charge >= 0.3 is 0 Å². The lowest BCUT2D eigenvalue weighted by molar-refractivity contribution is 0.130. The summed E-state index contributed by atoms with van der Waals surface area (Å²) in [6.07, 6.45) is 0. The molecule has 47 heavy (non-hydrogen) atoms. The summed E-state index contributed by atoms with van der Waals surface area (Å²) in [5.41, 5.74) is 9.60. The van der Waals surface area contributed by atoms with Gasteiger partial charge in [0.2, 0.25) is 0 Å². The Bertz CT molecular complexity index is 2280. The Kier molecular flexibility index (Phi) is 6.10. The van der Waals surface area contributed by atoms with Crippen LogP contribution in [0, 0.1) is 0 Å². The highest BCUT2D eigenvalue weighted by Crippen LogP contribution is 2.54. The number of para-hydroxylation sites is 1. The van der Waals surface area contributed by atoms with Gasteiger partial charge in [0, 0.05) is 39.3 Å². The van der Waals surface area contributed by atoms with Gasteiger partial charge in [-0.05, 0) is 69.8 Å². The highest BCUT2D eigenvalue weighted by molar-refractivity contribution is 5.89. The fraction of sp³-hybridized carbons (Fsp3) is 0.0455. The molecule has 0 saturated carbocycles. The van der Waals surface area contributed by atoms with Crippen LogP contribution in [-0.2, 0) is 11.2 Å². The van der Waals surface area contributed by atoms with Crippen LogP contribution in [0.25, 0.3) is 22.3 Å². The molecule has 2 aliphatic rings. The number of anilines is 3. The number of benzene rings is 7. The van der Waals surface area contributed by atoms with E-state index in [9.17, 15) is 10.2 Å². The van der Waals surface area contributed by atoms with E-state index in [1.807, 2.05) is 115 Å². The first kappa shape index (κ1) is 27.6. The van der Waals surface area contributed by atoms with Gasteiger partial charge in [-0.25, -0.2) is 0 Å². The molecule has 0 fully saturated rings. The van der Waals surface area contributed by atoms with Gasteiger partial charge in [-0.2, -0.15) is 0 Å². The van der Waals surface area contributed by atoms with Gasteiger partial charge in [-0.15, -0.1) is 0 Å². The van der Waals surface area contributed by atoms with Crippen molar-refractivity contribution in [2.24, 2.45) is 0 Å². The normalized spacial score (nSPS) is 18.6. The lowest BCUT2D eigenvalue weighted by Gasteiger charge is -2.30. The van der Waals surface area contributed by atoms with Crippen molar-refractivity contribution in [2.75, 3.05) is 4.90 Å². The number of hydrogen-bond acceptors (Lipinski definition) is 3. The first-order valence-electron chi connectivity index (χ1n) is 16.0. The summed E-state index contributed by atoms with van der Waals surface area (Å²) < 4.78 is 0. The average Bonchev–Trinajstić information content (AvgIpc) is 3.56. The third-order valence-electron chi connectivity index (χ3n) is 9.91. The summed E-state index contributed by atoms with van der Waals surface area (Å²) in [5, 5.41) is 25.1. The highest BCUT2D eigenvalue weighted by Gasteiger charge is 2.45. The zero-order valence-electron chi connectivity index (χ0n) is 25.6. The Morgan fingerprint density at radius 1 is 0.319 bits per heavy atom. The first-order chi connectivity index (χ1) is 23.1. The van der Waals surface area contributed by atoms with Gasteiger partial charge in [-0.3, -0.25) is 0 Å². The molecule has 2 atom stereocenters. The SMILES string of the molecule is OC1(c2ccccc2)c2ccccc2-c2cc(N(c3ccccc3)c3ccc4c(c3)C(O)(c3ccccc3)c3ccccc3-4)ccc21. The topological polar surface area (TPSA) is 43.7 Å². The zero-order chi connectivity index (χ0) is 31.6. The van der Waals surface area contributed by atoms with E-state index in [0.29, 0.717) is 0 Å². The van der Waals surface area contributed by atoms with E-state index in [-0.39, 0.29) is 0 Å². The van der Waals surface area contributed by atoms with E-state index in [1.165, 1.54) is 0 Å². The predicted molar refractivity (Wildman–Crippen MR) is 189 cm³/mol. The molecule has 224 valence electrons. The van der Waals surface area contributed by atoms with Crippen LogP contribution in [0.4, 0.5) is 17.1 Å². The van der Waals surface area contributed by atoms with Crippen LogP contribution < -0.4 is 4.90 Å². The van der Waals surface area contributed by atoms with Crippen LogP contribution in [0.2, 0.25) is 0 Å². The fourth-order valence-electron chi connectivity index (χ4n) is 7.78. The van der Waals surface area contributed by atoms with Crippen LogP contribution in [-0.4, -0.2) is 10.2 Å². The van der Waals surface area contributed by atoms with Gasteiger partial charge in [0.25, 0.3) is 0 Å². The lowest BCUT2D eigenvalue weighted by Crippen LogP contribution is -2.26. The number of nitrogens with zero attached hydrogens (tertiary/aromatic N) is 1. The molecule has 0 aliphatic heterocycles. The Balaban J connectivity index is 1.25. The number of rotatable bonds is 5. The third kappa shape index (κ3) is 3.94. The van der Waals surface area contributed by atoms with Gasteiger partial charge in [0.15, 0.2) is 0 Å². The Morgan fingerprint density at radius 3 is 1.36 bits per heavy atom. The molecule has 3 nitrogen and oxygen atoms in total. The molecule has 2 unspecified atom stereocenters. The molecule has 0 bridgehead atoms. The molecule has 0 radical (unpaired) electrons. The average molecular weight is 606 g/mol. The second-order valence-corrected chi connectivity index (χ2v) is 12.4. The van der Waals surface area contributed by atoms with E-state index < -0.39 is 11.2 Å². The largest absolute Gasteiger partial charge is 0.376 e. The molecule has 3 heteroatoms. The van der Waals surface area contributed by atoms with Crippen molar-refractivity contribution in [2.45, 2.75) is 11.2 Å². The van der Waals surface area contributed by atoms with Crippen molar-refractivity contribution < 1.29 is 10.2 Å². The van der Waals surface area contributed by atoms with E-state index in [4.69, 9.17) is 0 Å². The molecule has 0 spiro atoms. The molecular weight excluding hydrogens is 574 g/mol. The summed E-state index contributed by atoms with van der Waals surface area (Å²) in [5.74, 6) is 0. The van der Waals surface area contributed by atoms with Gasteiger partial charge in [0.05, 0.1) is 0 Å². The summed E-state index contributed by atoms with van der Waals surface area (Å²) in [6.45, 7) is 0. The second kappa shape index (κ2) is 10.4. The quantitative estimate of drug-likeness (QED) is 0.205. The van der Waals surface area contributed by atoms with Crippen molar-refractivity contribution in [3.05, 3.63) is 209 Å². The van der Waals surface area contributed by atoms with Crippen LogP contribution in [0.15, 0.2) is 176 Å². The molecule has 0 amide bonds. The van der Waals surface area contributed by atoms with Gasteiger partial charge < -0.3 is 15.1 Å². The highest BCUT2D eigenvalue weighted by atomic mass is 16.3. The maximum absolute atomic E-state index is 12.7. The number of aliphatic hydroxyl groups is 2. The minimum Gasteiger partial charge on any atom is -0.376 e. The molecule has 0 saturated heterocycles. The van der Waals surface area contributed by atoms with Crippen LogP contribution in [0.5, 0.6) is 0 Å². The first-order valence-corrected chi connectivity index (χ1v) is 16.0. The Morgan fingerprint density at radius 2 is 0.745 bits per heavy atom. The molecule has 2 aliphatic carbocycles. The molecule has 0 aromatic heterocycles. The molecular formula is C44H31NO2. The van der Waals surface area contributed by atoms with E-state index in [0.717, 1.165) is 72.7 Å². The minimum absolute atomic E-state index is 0.837. The van der Waals surface area contributed by atoms with Crippen LogP contribution >= 0.6 is 0 Å². The molecule has 7 aromatic rings. The monoisotopic (exact) mass is 605 g/mol. The van der Waals surface area contributed by atoms with Crippen molar-refractivity contribution in [3.63, 3.8) is 0 Å². The van der Waals surface area contributed by atoms with E-state index in [2.05, 4.69) is 65.6 Å². The number of hydrogen-bond donors (Lipinski definition) is 2. The van der Waals surface area contributed by atoms with Gasteiger partial charge in [0.1, 0.15) is 11.2 Å². The van der Waals surface area contributed by atoms with Crippen molar-refractivity contribution in [3.8, 4) is 22.3 Å². The molecule has 7 aromatic carbocycles. The van der Waals surface area contributed by atoms with E-state index in [1.54, 1.807) is 0 Å². The summed E-state index contributed by atoms with van der Waals surface area (Å²) >= 11 is 0. The molecule has 2 N–H and O–H groups in total. The maximum Gasteiger partial charge on any atom is 0.141 e. The Labute approximate surface area is 274 Å². The van der Waals surface area contributed by atoms with Crippen LogP contribution in [0.1, 0.15) is 33.4 Å². The van der Waals surface area contributed by atoms with Crippen LogP contribution in [0.3, 0.4) is 0 Å². The molecule has 0 heterocycles. The van der Waals surface area contributed by atoms with E-state index >= 15 is 0 Å². The summed E-state index contributed by atoms with van der Waals surface area (Å²) in [6, 6.07) is 59.2. The third-order valence-corrected chi connectivity index (χ3v) is 9.91. The minimum atomic E-state index is -1.30. The zero-order valence-corrected chi connectivity index (χ0v) is 25.6. The maximum atomic E-state index is 12.7. The second-order valence-electron chi connectivity index (χ2n) is 12.4.